The summed E-state index contributed by atoms with van der Waals surface area (Å²) in [6, 6.07) is 0. The molecule has 0 atom stereocenters. The van der Waals surface area contributed by atoms with Crippen LogP contribution in [0.25, 0.3) is 0 Å². The Morgan fingerprint density at radius 2 is 2.06 bits per heavy atom. The highest BCUT2D eigenvalue weighted by Crippen LogP contribution is 2.24. The lowest BCUT2D eigenvalue weighted by Crippen LogP contribution is -2.35. The van der Waals surface area contributed by atoms with Crippen LogP contribution in [0.1, 0.15) is 31.0 Å². The Kier molecular flexibility index (Phi) is 4.07. The van der Waals surface area contributed by atoms with Gasteiger partial charge in [0.2, 0.25) is 0 Å². The largest absolute Gasteiger partial charge is 0.300 e. The topological polar surface area (TPSA) is 38.1 Å². The van der Waals surface area contributed by atoms with E-state index >= 15 is 0 Å². The molecule has 2 heterocycles. The van der Waals surface area contributed by atoms with Crippen LogP contribution in [0, 0.1) is 12.8 Å². The van der Waals surface area contributed by atoms with Crippen LogP contribution in [0.2, 0.25) is 5.15 Å². The summed E-state index contributed by atoms with van der Waals surface area (Å²) in [6.07, 6.45) is 1.93. The Labute approximate surface area is 113 Å². The number of hydrogen-bond donors (Lipinski definition) is 0. The van der Waals surface area contributed by atoms with Crippen LogP contribution in [0.4, 0.5) is 0 Å². The predicted octanol–water partition coefficient (Wildman–Crippen LogP) is 2.18. The minimum atomic E-state index is 0.256. The van der Waals surface area contributed by atoms with Crippen LogP contribution in [-0.4, -0.2) is 33.6 Å². The molecule has 18 heavy (non-hydrogen) atoms. The van der Waals surface area contributed by atoms with E-state index in [1.165, 1.54) is 0 Å². The number of Topliss-reactive ketones (excluding diaryl/α,β-unsaturated/α-hetero) is 1. The molecular weight excluding hydrogens is 250 g/mol. The molecule has 5 heteroatoms. The average Bonchev–Trinajstić information content (AvgIpc) is 2.57. The molecule has 0 saturated carbocycles. The normalized spacial score (nSPS) is 18.2. The van der Waals surface area contributed by atoms with Crippen LogP contribution < -0.4 is 0 Å². The molecule has 100 valence electrons. The first-order chi connectivity index (χ1) is 8.49. The number of aryl methyl sites for hydroxylation is 2. The van der Waals surface area contributed by atoms with Crippen LogP contribution in [-0.2, 0) is 18.4 Å². The van der Waals surface area contributed by atoms with Crippen LogP contribution >= 0.6 is 11.6 Å². The van der Waals surface area contributed by atoms with Gasteiger partial charge < -0.3 is 0 Å². The molecule has 0 aliphatic carbocycles. The lowest BCUT2D eigenvalue weighted by molar-refractivity contribution is -0.122. The Balaban J connectivity index is 1.97. The molecule has 2 rings (SSSR count). The third-order valence-electron chi connectivity index (χ3n) is 3.81. The first kappa shape index (κ1) is 13.6. The van der Waals surface area contributed by atoms with E-state index in [1.54, 1.807) is 11.6 Å². The zero-order chi connectivity index (χ0) is 13.3. The zero-order valence-electron chi connectivity index (χ0n) is 11.2. The quantitative estimate of drug-likeness (QED) is 0.844. The van der Waals surface area contributed by atoms with Gasteiger partial charge in [0.1, 0.15) is 10.9 Å². The molecule has 1 aromatic rings. The monoisotopic (exact) mass is 269 g/mol. The van der Waals surface area contributed by atoms with Gasteiger partial charge in [0.15, 0.2) is 0 Å². The van der Waals surface area contributed by atoms with Crippen molar-refractivity contribution in [3.63, 3.8) is 0 Å². The molecule has 0 N–H and O–H groups in total. The summed E-state index contributed by atoms with van der Waals surface area (Å²) in [4.78, 5) is 13.7. The Bertz CT molecular complexity index is 447. The number of nitrogens with zero attached hydrogens (tertiary/aromatic N) is 3. The van der Waals surface area contributed by atoms with Gasteiger partial charge in [-0.05, 0) is 39.8 Å². The van der Waals surface area contributed by atoms with Crippen molar-refractivity contribution < 1.29 is 4.79 Å². The van der Waals surface area contributed by atoms with Crippen molar-refractivity contribution in [2.45, 2.75) is 33.2 Å². The molecule has 0 spiro atoms. The molecule has 1 saturated heterocycles. The first-order valence-electron chi connectivity index (χ1n) is 6.39. The fourth-order valence-corrected chi connectivity index (χ4v) is 2.81. The molecule has 1 aliphatic heterocycles. The van der Waals surface area contributed by atoms with Crippen molar-refractivity contribution in [2.75, 3.05) is 13.1 Å². The lowest BCUT2D eigenvalue weighted by Gasteiger charge is -2.30. The molecule has 1 aromatic heterocycles. The van der Waals surface area contributed by atoms with Gasteiger partial charge in [-0.1, -0.05) is 11.6 Å². The van der Waals surface area contributed by atoms with Crippen molar-refractivity contribution in [1.82, 2.24) is 14.7 Å². The summed E-state index contributed by atoms with van der Waals surface area (Å²) in [6.45, 7) is 6.46. The standard InChI is InChI=1S/C13H20ClN3O/c1-9-12(13(14)16(3)15-9)8-17-6-4-11(5-7-17)10(2)18/h11H,4-8H2,1-3H3. The van der Waals surface area contributed by atoms with Gasteiger partial charge in [-0.25, -0.2) is 0 Å². The number of aromatic nitrogens is 2. The molecule has 0 radical (unpaired) electrons. The highest BCUT2D eigenvalue weighted by molar-refractivity contribution is 6.30. The average molecular weight is 270 g/mol. The van der Waals surface area contributed by atoms with E-state index in [-0.39, 0.29) is 5.92 Å². The second kappa shape index (κ2) is 5.41. The van der Waals surface area contributed by atoms with Gasteiger partial charge in [-0.3, -0.25) is 14.4 Å². The maximum absolute atomic E-state index is 11.3. The summed E-state index contributed by atoms with van der Waals surface area (Å²) in [5.74, 6) is 0.581. The predicted molar refractivity (Wildman–Crippen MR) is 71.6 cm³/mol. The fraction of sp³-hybridized carbons (Fsp3) is 0.692. The van der Waals surface area contributed by atoms with Gasteiger partial charge in [0.05, 0.1) is 5.69 Å². The number of ketones is 1. The third-order valence-corrected chi connectivity index (χ3v) is 4.29. The van der Waals surface area contributed by atoms with Crippen LogP contribution in [0.5, 0.6) is 0 Å². The molecule has 0 bridgehead atoms. The number of piperidine rings is 1. The smallest absolute Gasteiger partial charge is 0.133 e. The minimum Gasteiger partial charge on any atom is -0.300 e. The van der Waals surface area contributed by atoms with E-state index < -0.39 is 0 Å². The minimum absolute atomic E-state index is 0.256. The van der Waals surface area contributed by atoms with Crippen molar-refractivity contribution in [3.8, 4) is 0 Å². The molecule has 1 aliphatic rings. The van der Waals surface area contributed by atoms with Crippen molar-refractivity contribution >= 4 is 17.4 Å². The van der Waals surface area contributed by atoms with Gasteiger partial charge in [0.25, 0.3) is 0 Å². The summed E-state index contributed by atoms with van der Waals surface area (Å²) in [5.41, 5.74) is 2.11. The number of rotatable bonds is 3. The molecule has 0 aromatic carbocycles. The van der Waals surface area contributed by atoms with Gasteiger partial charge in [-0.15, -0.1) is 0 Å². The maximum Gasteiger partial charge on any atom is 0.133 e. The van der Waals surface area contributed by atoms with E-state index in [1.807, 2.05) is 14.0 Å². The van der Waals surface area contributed by atoms with Crippen LogP contribution in [0.15, 0.2) is 0 Å². The van der Waals surface area contributed by atoms with E-state index in [0.29, 0.717) is 5.78 Å². The third kappa shape index (κ3) is 2.75. The number of hydrogen-bond acceptors (Lipinski definition) is 3. The second-order valence-corrected chi connectivity index (χ2v) is 5.50. The zero-order valence-corrected chi connectivity index (χ0v) is 12.0. The highest BCUT2D eigenvalue weighted by atomic mass is 35.5. The van der Waals surface area contributed by atoms with Gasteiger partial charge in [0, 0.05) is 25.1 Å². The van der Waals surface area contributed by atoms with Gasteiger partial charge in [-0.2, -0.15) is 5.10 Å². The summed E-state index contributed by atoms with van der Waals surface area (Å²) in [7, 11) is 1.86. The van der Waals surface area contributed by atoms with Crippen molar-refractivity contribution in [3.05, 3.63) is 16.4 Å². The highest BCUT2D eigenvalue weighted by Gasteiger charge is 2.23. The lowest BCUT2D eigenvalue weighted by atomic mass is 9.93. The van der Waals surface area contributed by atoms with Crippen LogP contribution in [0.3, 0.4) is 0 Å². The number of halogens is 1. The van der Waals surface area contributed by atoms with Crippen molar-refractivity contribution in [2.24, 2.45) is 13.0 Å². The molecular formula is C13H20ClN3O. The molecule has 0 amide bonds. The summed E-state index contributed by atoms with van der Waals surface area (Å²) in [5, 5.41) is 5.05. The SMILES string of the molecule is CC(=O)C1CCN(Cc2c(C)nn(C)c2Cl)CC1. The second-order valence-electron chi connectivity index (χ2n) is 5.14. The summed E-state index contributed by atoms with van der Waals surface area (Å²) >= 11 is 6.23. The first-order valence-corrected chi connectivity index (χ1v) is 6.77. The number of carbonyl (C=O) groups excluding carboxylic acids is 1. The molecule has 0 unspecified atom stereocenters. The van der Waals surface area contributed by atoms with Gasteiger partial charge >= 0.3 is 0 Å². The van der Waals surface area contributed by atoms with Crippen molar-refractivity contribution in [1.29, 1.82) is 0 Å². The molecule has 4 nitrogen and oxygen atoms in total. The van der Waals surface area contributed by atoms with E-state index in [9.17, 15) is 4.79 Å². The number of carbonyl (C=O) groups is 1. The Morgan fingerprint density at radius 1 is 1.44 bits per heavy atom. The summed E-state index contributed by atoms with van der Waals surface area (Å²) < 4.78 is 1.72. The Morgan fingerprint density at radius 3 is 2.50 bits per heavy atom. The van der Waals surface area contributed by atoms with E-state index in [0.717, 1.165) is 48.9 Å². The maximum atomic E-state index is 11.3. The Hall–Kier alpha value is -0.870. The van der Waals surface area contributed by atoms with E-state index in [4.69, 9.17) is 11.6 Å². The molecule has 1 fully saturated rings. The fourth-order valence-electron chi connectivity index (χ4n) is 2.57. The number of likely N-dealkylation sites (tertiary alicyclic amines) is 1. The van der Waals surface area contributed by atoms with E-state index in [2.05, 4.69) is 10.00 Å².